The molecule has 2 aromatic carbocycles. The van der Waals surface area contributed by atoms with Gasteiger partial charge in [-0.15, -0.1) is 0 Å². The Balaban J connectivity index is 2.03. The number of fused-ring (bicyclic) bond motifs is 1. The van der Waals surface area contributed by atoms with Gasteiger partial charge in [0, 0.05) is 11.8 Å². The second kappa shape index (κ2) is 9.89. The fourth-order valence-corrected chi connectivity index (χ4v) is 3.68. The first kappa shape index (κ1) is 20.6. The molecular formula is C29H30. The Kier molecular flexibility index (Phi) is 7.03. The summed E-state index contributed by atoms with van der Waals surface area (Å²) >= 11 is 0. The minimum absolute atomic E-state index is 0.224. The molecule has 0 aromatic heterocycles. The molecular weight excluding hydrogens is 348 g/mol. The zero-order chi connectivity index (χ0) is 20.6. The summed E-state index contributed by atoms with van der Waals surface area (Å²) in [5, 5.41) is 2.19. The van der Waals surface area contributed by atoms with Gasteiger partial charge in [-0.2, -0.15) is 0 Å². The Morgan fingerprint density at radius 3 is 2.59 bits per heavy atom. The molecule has 0 saturated heterocycles. The molecule has 0 heterocycles. The van der Waals surface area contributed by atoms with Crippen molar-refractivity contribution in [2.24, 2.45) is 5.92 Å². The second-order valence-corrected chi connectivity index (χ2v) is 7.53. The highest BCUT2D eigenvalue weighted by Gasteiger charge is 2.25. The van der Waals surface area contributed by atoms with E-state index in [9.17, 15) is 0 Å². The maximum Gasteiger partial charge on any atom is 0.0131 e. The lowest BCUT2D eigenvalue weighted by molar-refractivity contribution is 0.691. The Bertz CT molecular complexity index is 1090. The standard InChI is InChI=1S/C29H30/c1-5-22(3)18-19-24(6-2)27(17-11-15-25-13-8-7-12-23(25)4)29-21-20-26-14-9-10-16-28(26)29/h6-21,27,29H,2,4-5H2,1,3H3/b17-11-,22-18-,24-19+,25-15-. The van der Waals surface area contributed by atoms with Crippen molar-refractivity contribution in [1.29, 1.82) is 0 Å². The quantitative estimate of drug-likeness (QED) is 0.494. The average Bonchev–Trinajstić information content (AvgIpc) is 3.17. The third kappa shape index (κ3) is 5.03. The number of hydrogen-bond acceptors (Lipinski definition) is 0. The van der Waals surface area contributed by atoms with E-state index in [1.165, 1.54) is 22.3 Å². The minimum Gasteiger partial charge on any atom is -0.0988 e. The smallest absolute Gasteiger partial charge is 0.0131 e. The van der Waals surface area contributed by atoms with Gasteiger partial charge in [0.05, 0.1) is 0 Å². The van der Waals surface area contributed by atoms with Crippen LogP contribution in [0.5, 0.6) is 0 Å². The Hall–Kier alpha value is -3.12. The molecule has 0 spiro atoms. The van der Waals surface area contributed by atoms with Crippen LogP contribution in [0.3, 0.4) is 0 Å². The van der Waals surface area contributed by atoms with Crippen LogP contribution in [0, 0.1) is 5.92 Å². The summed E-state index contributed by atoms with van der Waals surface area (Å²) in [4.78, 5) is 0. The van der Waals surface area contributed by atoms with Crippen LogP contribution in [0.4, 0.5) is 0 Å². The van der Waals surface area contributed by atoms with E-state index in [0.29, 0.717) is 5.92 Å². The molecule has 2 atom stereocenters. The van der Waals surface area contributed by atoms with Crippen LogP contribution in [0.2, 0.25) is 0 Å². The predicted octanol–water partition coefficient (Wildman–Crippen LogP) is 6.33. The summed E-state index contributed by atoms with van der Waals surface area (Å²) in [6.45, 7) is 12.6. The summed E-state index contributed by atoms with van der Waals surface area (Å²) in [7, 11) is 0. The van der Waals surface area contributed by atoms with Gasteiger partial charge in [0.25, 0.3) is 0 Å². The molecule has 0 bridgehead atoms. The van der Waals surface area contributed by atoms with Crippen molar-refractivity contribution in [1.82, 2.24) is 0 Å². The van der Waals surface area contributed by atoms with Crippen molar-refractivity contribution in [3.8, 4) is 0 Å². The van der Waals surface area contributed by atoms with E-state index in [1.54, 1.807) is 0 Å². The Morgan fingerprint density at radius 1 is 1.07 bits per heavy atom. The van der Waals surface area contributed by atoms with E-state index in [-0.39, 0.29) is 5.92 Å². The van der Waals surface area contributed by atoms with Crippen molar-refractivity contribution in [3.05, 3.63) is 124 Å². The molecule has 0 nitrogen and oxygen atoms in total. The predicted molar refractivity (Wildman–Crippen MR) is 129 cm³/mol. The highest BCUT2D eigenvalue weighted by Crippen LogP contribution is 2.39. The van der Waals surface area contributed by atoms with Crippen LogP contribution in [-0.4, -0.2) is 0 Å². The van der Waals surface area contributed by atoms with Gasteiger partial charge < -0.3 is 0 Å². The molecule has 0 saturated carbocycles. The van der Waals surface area contributed by atoms with Crippen LogP contribution in [0.1, 0.15) is 37.3 Å². The second-order valence-electron chi connectivity index (χ2n) is 7.53. The van der Waals surface area contributed by atoms with Crippen molar-refractivity contribution >= 4 is 18.7 Å². The SMILES string of the molecule is C=C/C(=C\C=C(\C)CC)C(/C=C\C=c1\ccccc1=C)C1C=Cc2ccccc21. The zero-order valence-electron chi connectivity index (χ0n) is 17.5. The Morgan fingerprint density at radius 2 is 1.83 bits per heavy atom. The van der Waals surface area contributed by atoms with Crippen LogP contribution < -0.4 is 10.4 Å². The molecule has 3 rings (SSSR count). The lowest BCUT2D eigenvalue weighted by Gasteiger charge is -2.22. The number of hydrogen-bond donors (Lipinski definition) is 0. The van der Waals surface area contributed by atoms with Gasteiger partial charge in [-0.25, -0.2) is 0 Å². The van der Waals surface area contributed by atoms with Crippen molar-refractivity contribution in [2.45, 2.75) is 26.2 Å². The van der Waals surface area contributed by atoms with E-state index >= 15 is 0 Å². The number of benzene rings is 2. The molecule has 0 amide bonds. The molecule has 0 heteroatoms. The summed E-state index contributed by atoms with van der Waals surface area (Å²) in [5.41, 5.74) is 5.29. The van der Waals surface area contributed by atoms with E-state index < -0.39 is 0 Å². The van der Waals surface area contributed by atoms with Crippen LogP contribution >= 0.6 is 0 Å². The van der Waals surface area contributed by atoms with Crippen molar-refractivity contribution < 1.29 is 0 Å². The fourth-order valence-electron chi connectivity index (χ4n) is 3.68. The maximum atomic E-state index is 4.12. The van der Waals surface area contributed by atoms with Crippen LogP contribution in [0.15, 0.2) is 103 Å². The minimum atomic E-state index is 0.224. The van der Waals surface area contributed by atoms with E-state index in [2.05, 4.69) is 106 Å². The van der Waals surface area contributed by atoms with Gasteiger partial charge in [-0.05, 0) is 40.5 Å². The molecule has 146 valence electrons. The molecule has 0 N–H and O–H groups in total. The first-order valence-corrected chi connectivity index (χ1v) is 10.3. The van der Waals surface area contributed by atoms with Crippen molar-refractivity contribution in [2.75, 3.05) is 0 Å². The molecule has 0 aliphatic heterocycles. The Labute approximate surface area is 175 Å². The number of rotatable bonds is 7. The van der Waals surface area contributed by atoms with Crippen molar-refractivity contribution in [3.63, 3.8) is 0 Å². The van der Waals surface area contributed by atoms with E-state index in [4.69, 9.17) is 0 Å². The summed E-state index contributed by atoms with van der Waals surface area (Å²) in [6.07, 6.45) is 18.7. The lowest BCUT2D eigenvalue weighted by atomic mass is 9.81. The first-order valence-electron chi connectivity index (χ1n) is 10.3. The van der Waals surface area contributed by atoms with E-state index in [1.807, 2.05) is 18.2 Å². The highest BCUT2D eigenvalue weighted by molar-refractivity contribution is 5.63. The molecule has 2 aromatic rings. The summed E-state index contributed by atoms with van der Waals surface area (Å²) in [5.74, 6) is 0.534. The lowest BCUT2D eigenvalue weighted by Crippen LogP contribution is -2.21. The van der Waals surface area contributed by atoms with Gasteiger partial charge in [0.1, 0.15) is 0 Å². The molecule has 0 fully saturated rings. The summed E-state index contributed by atoms with van der Waals surface area (Å²) in [6, 6.07) is 16.9. The maximum absolute atomic E-state index is 4.12. The van der Waals surface area contributed by atoms with E-state index in [0.717, 1.165) is 16.9 Å². The normalized spacial score (nSPS) is 18.3. The third-order valence-corrected chi connectivity index (χ3v) is 5.61. The number of allylic oxidation sites excluding steroid dienone is 8. The molecule has 0 radical (unpaired) electrons. The molecule has 2 unspecified atom stereocenters. The molecule has 1 aliphatic rings. The van der Waals surface area contributed by atoms with Gasteiger partial charge in [-0.3, -0.25) is 0 Å². The van der Waals surface area contributed by atoms with Gasteiger partial charge in [0.2, 0.25) is 0 Å². The van der Waals surface area contributed by atoms with Crippen LogP contribution in [-0.2, 0) is 0 Å². The molecule has 1 aliphatic carbocycles. The average molecular weight is 379 g/mol. The van der Waals surface area contributed by atoms with Gasteiger partial charge >= 0.3 is 0 Å². The monoisotopic (exact) mass is 378 g/mol. The molecule has 29 heavy (non-hydrogen) atoms. The topological polar surface area (TPSA) is 0 Å². The van der Waals surface area contributed by atoms with Gasteiger partial charge in [-0.1, -0.05) is 123 Å². The fraction of sp³-hybridized carbons (Fsp3) is 0.172. The van der Waals surface area contributed by atoms with Gasteiger partial charge in [0.15, 0.2) is 0 Å². The highest BCUT2D eigenvalue weighted by atomic mass is 14.3. The summed E-state index contributed by atoms with van der Waals surface area (Å²) < 4.78 is 0. The first-order chi connectivity index (χ1) is 14.1. The third-order valence-electron chi connectivity index (χ3n) is 5.61. The van der Waals surface area contributed by atoms with Crippen LogP contribution in [0.25, 0.3) is 18.7 Å². The largest absolute Gasteiger partial charge is 0.0988 e. The zero-order valence-corrected chi connectivity index (χ0v) is 17.5.